The van der Waals surface area contributed by atoms with Crippen molar-refractivity contribution in [3.05, 3.63) is 36.4 Å². The number of nitrogen functional groups attached to an aromatic ring is 2. The molecule has 2 amide bonds. The second-order valence-electron chi connectivity index (χ2n) is 6.19. The highest BCUT2D eigenvalue weighted by Crippen LogP contribution is 2.30. The van der Waals surface area contributed by atoms with Gasteiger partial charge in [0.05, 0.1) is 11.5 Å². The van der Waals surface area contributed by atoms with Crippen molar-refractivity contribution >= 4 is 90.4 Å². The van der Waals surface area contributed by atoms with Crippen molar-refractivity contribution in [1.29, 1.82) is 0 Å². The number of fused-ring (bicyclic) bond motifs is 1. The van der Waals surface area contributed by atoms with Crippen molar-refractivity contribution in [3.8, 4) is 0 Å². The van der Waals surface area contributed by atoms with E-state index in [0.717, 1.165) is 10.8 Å². The summed E-state index contributed by atoms with van der Waals surface area (Å²) >= 11 is 5.00. The Hall–Kier alpha value is -2.94. The van der Waals surface area contributed by atoms with Crippen LogP contribution in [0.2, 0.25) is 0 Å². The van der Waals surface area contributed by atoms with Gasteiger partial charge in [0.1, 0.15) is 0 Å². The van der Waals surface area contributed by atoms with Crippen LogP contribution in [0.15, 0.2) is 45.1 Å². The average molecular weight is 505 g/mol. The first-order valence-electron chi connectivity index (χ1n) is 9.03. The minimum absolute atomic E-state index is 0.175. The van der Waals surface area contributed by atoms with Crippen LogP contribution < -0.4 is 22.1 Å². The van der Waals surface area contributed by atoms with E-state index in [-0.39, 0.29) is 23.3 Å². The van der Waals surface area contributed by atoms with Crippen LogP contribution in [0.3, 0.4) is 0 Å². The molecule has 0 aliphatic heterocycles. The molecule has 0 spiro atoms. The van der Waals surface area contributed by atoms with Gasteiger partial charge in [0, 0.05) is 22.1 Å². The zero-order valence-corrected chi connectivity index (χ0v) is 19.5. The molecular formula is C18H16N8O2S4. The molecule has 6 N–H and O–H groups in total. The number of carbonyl (C=O) groups is 2. The lowest BCUT2D eigenvalue weighted by Crippen LogP contribution is -2.15. The third kappa shape index (κ3) is 5.64. The molecule has 2 aromatic heterocycles. The molecule has 0 bridgehead atoms. The van der Waals surface area contributed by atoms with Crippen LogP contribution in [0.1, 0.15) is 0 Å². The van der Waals surface area contributed by atoms with E-state index in [1.807, 2.05) is 36.4 Å². The third-order valence-electron chi connectivity index (χ3n) is 3.97. The Morgan fingerprint density at radius 1 is 0.750 bits per heavy atom. The highest BCUT2D eigenvalue weighted by Gasteiger charge is 2.12. The smallest absolute Gasteiger partial charge is 0.234 e. The summed E-state index contributed by atoms with van der Waals surface area (Å²) in [6.07, 6.45) is 0. The number of hydrogen-bond acceptors (Lipinski definition) is 12. The number of nitrogens with zero attached hydrogens (tertiary/aromatic N) is 4. The minimum atomic E-state index is -0.182. The summed E-state index contributed by atoms with van der Waals surface area (Å²) in [6, 6.07) is 11.1. The molecule has 164 valence electrons. The maximum Gasteiger partial charge on any atom is 0.234 e. The van der Waals surface area contributed by atoms with Gasteiger partial charge in [-0.2, -0.15) is 0 Å². The number of hydrogen-bond donors (Lipinski definition) is 4. The van der Waals surface area contributed by atoms with Crippen LogP contribution >= 0.6 is 46.2 Å². The lowest BCUT2D eigenvalue weighted by atomic mass is 10.1. The second-order valence-corrected chi connectivity index (χ2v) is 10.7. The molecule has 0 atom stereocenters. The molecule has 0 saturated carbocycles. The van der Waals surface area contributed by atoms with Crippen molar-refractivity contribution in [3.63, 3.8) is 0 Å². The monoisotopic (exact) mass is 504 g/mol. The predicted octanol–water partition coefficient (Wildman–Crippen LogP) is 3.17. The maximum absolute atomic E-state index is 12.4. The summed E-state index contributed by atoms with van der Waals surface area (Å²) in [5, 5.41) is 23.4. The Balaban J connectivity index is 1.42. The quantitative estimate of drug-likeness (QED) is 0.262. The molecule has 10 nitrogen and oxygen atoms in total. The molecule has 4 rings (SSSR count). The fourth-order valence-corrected chi connectivity index (χ4v) is 5.58. The van der Waals surface area contributed by atoms with Crippen LogP contribution in [0.25, 0.3) is 10.8 Å². The van der Waals surface area contributed by atoms with Gasteiger partial charge < -0.3 is 22.1 Å². The van der Waals surface area contributed by atoms with Gasteiger partial charge in [0.25, 0.3) is 0 Å². The SMILES string of the molecule is Nc1nnc(SCC(=O)Nc2cccc3c(NC(=O)CSc4nnc(N)s4)cccc23)s1. The molecule has 14 heteroatoms. The molecule has 0 unspecified atom stereocenters. The molecule has 4 aromatic rings. The zero-order valence-electron chi connectivity index (χ0n) is 16.3. The number of benzene rings is 2. The van der Waals surface area contributed by atoms with E-state index in [1.54, 1.807) is 0 Å². The van der Waals surface area contributed by atoms with Crippen molar-refractivity contribution in [2.24, 2.45) is 0 Å². The van der Waals surface area contributed by atoms with Gasteiger partial charge in [-0.15, -0.1) is 20.4 Å². The van der Waals surface area contributed by atoms with Gasteiger partial charge in [-0.1, -0.05) is 70.5 Å². The molecule has 32 heavy (non-hydrogen) atoms. The molecule has 0 aliphatic carbocycles. The van der Waals surface area contributed by atoms with E-state index in [4.69, 9.17) is 11.5 Å². The van der Waals surface area contributed by atoms with Gasteiger partial charge in [-0.3, -0.25) is 9.59 Å². The lowest BCUT2D eigenvalue weighted by Gasteiger charge is -2.12. The number of amides is 2. The number of aromatic nitrogens is 4. The van der Waals surface area contributed by atoms with Crippen molar-refractivity contribution in [2.75, 3.05) is 33.6 Å². The summed E-state index contributed by atoms with van der Waals surface area (Å²) in [5.41, 5.74) is 12.4. The topological polar surface area (TPSA) is 162 Å². The van der Waals surface area contributed by atoms with Crippen molar-refractivity contribution in [1.82, 2.24) is 20.4 Å². The number of carbonyl (C=O) groups excluding carboxylic acids is 2. The summed E-state index contributed by atoms with van der Waals surface area (Å²) in [5.74, 6) is -0.0132. The lowest BCUT2D eigenvalue weighted by molar-refractivity contribution is -0.114. The van der Waals surface area contributed by atoms with Crippen LogP contribution in [0.4, 0.5) is 21.6 Å². The molecule has 2 aromatic carbocycles. The summed E-state index contributed by atoms with van der Waals surface area (Å²) < 4.78 is 1.27. The van der Waals surface area contributed by atoms with E-state index in [9.17, 15) is 9.59 Å². The number of thioether (sulfide) groups is 2. The molecule has 0 aliphatic rings. The van der Waals surface area contributed by atoms with Gasteiger partial charge >= 0.3 is 0 Å². The Morgan fingerprint density at radius 2 is 1.19 bits per heavy atom. The fourth-order valence-electron chi connectivity index (χ4n) is 2.71. The first-order chi connectivity index (χ1) is 15.5. The Labute approximate surface area is 198 Å². The largest absolute Gasteiger partial charge is 0.374 e. The summed E-state index contributed by atoms with van der Waals surface area (Å²) in [4.78, 5) is 24.8. The normalized spacial score (nSPS) is 10.9. The molecule has 0 saturated heterocycles. The number of nitrogens with two attached hydrogens (primary N) is 2. The Morgan fingerprint density at radius 3 is 1.56 bits per heavy atom. The predicted molar refractivity (Wildman–Crippen MR) is 131 cm³/mol. The zero-order chi connectivity index (χ0) is 22.5. The van der Waals surface area contributed by atoms with E-state index in [0.29, 0.717) is 30.3 Å². The van der Waals surface area contributed by atoms with E-state index in [1.165, 1.54) is 46.2 Å². The standard InChI is InChI=1S/C18H16N8O2S4/c19-15-23-25-17(31-15)29-7-13(27)21-11-5-1-3-9-10(11)4-2-6-12(9)22-14(28)8-30-18-26-24-16(20)32-18/h1-6H,7-8H2,(H2,19,23)(H2,20,24)(H,21,27)(H,22,28). The van der Waals surface area contributed by atoms with Crippen LogP contribution in [-0.2, 0) is 9.59 Å². The second kappa shape index (κ2) is 10.1. The maximum atomic E-state index is 12.4. The average Bonchev–Trinajstić information content (AvgIpc) is 3.39. The number of rotatable bonds is 8. The first-order valence-corrected chi connectivity index (χ1v) is 12.6. The minimum Gasteiger partial charge on any atom is -0.374 e. The van der Waals surface area contributed by atoms with Crippen LogP contribution in [0, 0.1) is 0 Å². The Kier molecular flexibility index (Phi) is 7.04. The highest BCUT2D eigenvalue weighted by atomic mass is 32.2. The van der Waals surface area contributed by atoms with E-state index in [2.05, 4.69) is 31.0 Å². The third-order valence-corrected chi connectivity index (χ3v) is 7.74. The highest BCUT2D eigenvalue weighted by molar-refractivity contribution is 8.02. The molecule has 0 radical (unpaired) electrons. The van der Waals surface area contributed by atoms with Gasteiger partial charge in [-0.25, -0.2) is 0 Å². The fraction of sp³-hybridized carbons (Fsp3) is 0.111. The molecule has 0 fully saturated rings. The first kappa shape index (κ1) is 22.3. The van der Waals surface area contributed by atoms with E-state index >= 15 is 0 Å². The van der Waals surface area contributed by atoms with Gasteiger partial charge in [-0.05, 0) is 12.1 Å². The van der Waals surface area contributed by atoms with E-state index < -0.39 is 0 Å². The van der Waals surface area contributed by atoms with Crippen molar-refractivity contribution < 1.29 is 9.59 Å². The van der Waals surface area contributed by atoms with Crippen LogP contribution in [-0.4, -0.2) is 43.7 Å². The number of nitrogens with one attached hydrogen (secondary N) is 2. The number of anilines is 4. The van der Waals surface area contributed by atoms with Gasteiger partial charge in [0.15, 0.2) is 8.68 Å². The van der Waals surface area contributed by atoms with Crippen molar-refractivity contribution in [2.45, 2.75) is 8.68 Å². The van der Waals surface area contributed by atoms with Crippen LogP contribution in [0.5, 0.6) is 0 Å². The Bertz CT molecular complexity index is 1180. The molecule has 2 heterocycles. The molecular weight excluding hydrogens is 489 g/mol. The van der Waals surface area contributed by atoms with Gasteiger partial charge in [0.2, 0.25) is 22.1 Å². The summed E-state index contributed by atoms with van der Waals surface area (Å²) in [6.45, 7) is 0. The summed E-state index contributed by atoms with van der Waals surface area (Å²) in [7, 11) is 0.